The second-order valence-electron chi connectivity index (χ2n) is 7.74. The summed E-state index contributed by atoms with van der Waals surface area (Å²) >= 11 is 1.08. The Kier molecular flexibility index (Phi) is 6.06. The van der Waals surface area contributed by atoms with Gasteiger partial charge in [0.15, 0.2) is 0 Å². The van der Waals surface area contributed by atoms with E-state index >= 15 is 0 Å². The second-order valence-corrected chi connectivity index (χ2v) is 8.80. The fourth-order valence-corrected chi connectivity index (χ4v) is 4.62. The number of carbonyl (C=O) groups excluding carboxylic acids is 1. The third kappa shape index (κ3) is 4.55. The molecule has 0 spiro atoms. The zero-order valence-corrected chi connectivity index (χ0v) is 17.7. The summed E-state index contributed by atoms with van der Waals surface area (Å²) in [6, 6.07) is 15.5. The van der Waals surface area contributed by atoms with Crippen molar-refractivity contribution in [1.82, 2.24) is 0 Å². The lowest BCUT2D eigenvalue weighted by molar-refractivity contribution is -0.137. The number of carboxylic acid groups (broad SMARTS) is 1. The maximum atomic E-state index is 13.2. The highest BCUT2D eigenvalue weighted by Gasteiger charge is 2.34. The van der Waals surface area contributed by atoms with Crippen LogP contribution in [0.2, 0.25) is 0 Å². The topological polar surface area (TPSA) is 57.6 Å². The van der Waals surface area contributed by atoms with Gasteiger partial charge in [0.2, 0.25) is 5.91 Å². The number of aromatic carboxylic acids is 1. The summed E-state index contributed by atoms with van der Waals surface area (Å²) in [5.74, 6) is -1.55. The van der Waals surface area contributed by atoms with Gasteiger partial charge in [-0.1, -0.05) is 48.9 Å². The van der Waals surface area contributed by atoms with E-state index in [1.807, 2.05) is 30.3 Å². The highest BCUT2D eigenvalue weighted by atomic mass is 32.1. The van der Waals surface area contributed by atoms with Crippen molar-refractivity contribution in [3.63, 3.8) is 0 Å². The van der Waals surface area contributed by atoms with Crippen molar-refractivity contribution in [2.45, 2.75) is 32.0 Å². The number of alkyl halides is 3. The summed E-state index contributed by atoms with van der Waals surface area (Å²) in [5.41, 5.74) is 0.829. The summed E-state index contributed by atoms with van der Waals surface area (Å²) in [6.07, 6.45) is -2.08. The predicted molar refractivity (Wildman–Crippen MR) is 117 cm³/mol. The molecule has 1 aromatic heterocycles. The van der Waals surface area contributed by atoms with Crippen molar-refractivity contribution in [1.29, 1.82) is 0 Å². The molecule has 32 heavy (non-hydrogen) atoms. The molecule has 0 aliphatic heterocycles. The van der Waals surface area contributed by atoms with Crippen molar-refractivity contribution in [3.05, 3.63) is 76.7 Å². The van der Waals surface area contributed by atoms with Gasteiger partial charge in [-0.25, -0.2) is 4.79 Å². The van der Waals surface area contributed by atoms with Crippen LogP contribution in [0.5, 0.6) is 0 Å². The van der Waals surface area contributed by atoms with Crippen LogP contribution in [-0.2, 0) is 17.5 Å². The van der Waals surface area contributed by atoms with Crippen molar-refractivity contribution >= 4 is 28.9 Å². The smallest absolute Gasteiger partial charge is 0.416 e. The van der Waals surface area contributed by atoms with Gasteiger partial charge in [-0.15, -0.1) is 11.3 Å². The van der Waals surface area contributed by atoms with E-state index in [0.717, 1.165) is 48.3 Å². The Balaban J connectivity index is 1.73. The predicted octanol–water partition coefficient (Wildman–Crippen LogP) is 6.47. The Morgan fingerprint density at radius 3 is 2.22 bits per heavy atom. The quantitative estimate of drug-likeness (QED) is 0.460. The van der Waals surface area contributed by atoms with Crippen LogP contribution in [0.15, 0.2) is 60.7 Å². The highest BCUT2D eigenvalue weighted by Crippen LogP contribution is 2.40. The van der Waals surface area contributed by atoms with Gasteiger partial charge in [0.25, 0.3) is 0 Å². The first-order chi connectivity index (χ1) is 15.2. The fraction of sp³-hybridized carbons (Fsp3) is 0.250. The minimum absolute atomic E-state index is 0.00128. The maximum Gasteiger partial charge on any atom is 0.416 e. The SMILES string of the molecule is O=C(O)c1sc(-c2ccccc2)cc1N(Cc1ccc(C(F)(F)F)cc1)C(=O)C1CCC1. The molecule has 1 saturated carbocycles. The monoisotopic (exact) mass is 459 g/mol. The van der Waals surface area contributed by atoms with Crippen LogP contribution in [-0.4, -0.2) is 17.0 Å². The lowest BCUT2D eigenvalue weighted by Crippen LogP contribution is -2.39. The third-order valence-electron chi connectivity index (χ3n) is 5.60. The molecule has 0 radical (unpaired) electrons. The zero-order valence-electron chi connectivity index (χ0n) is 16.9. The average Bonchev–Trinajstić information content (AvgIpc) is 3.16. The van der Waals surface area contributed by atoms with Gasteiger partial charge in [0.1, 0.15) is 4.88 Å². The maximum absolute atomic E-state index is 13.2. The molecule has 1 aliphatic rings. The summed E-state index contributed by atoms with van der Waals surface area (Å²) < 4.78 is 38.7. The van der Waals surface area contributed by atoms with Crippen LogP contribution in [0.1, 0.15) is 40.1 Å². The van der Waals surface area contributed by atoms with Crippen LogP contribution in [0.25, 0.3) is 10.4 Å². The molecule has 2 aromatic carbocycles. The van der Waals surface area contributed by atoms with E-state index < -0.39 is 17.7 Å². The molecule has 3 aromatic rings. The number of halogens is 3. The molecule has 8 heteroatoms. The lowest BCUT2D eigenvalue weighted by atomic mass is 9.84. The van der Waals surface area contributed by atoms with E-state index in [1.165, 1.54) is 17.0 Å². The van der Waals surface area contributed by atoms with Gasteiger partial charge >= 0.3 is 12.1 Å². The Hall–Kier alpha value is -3.13. The first kappa shape index (κ1) is 22.1. The van der Waals surface area contributed by atoms with Gasteiger partial charge < -0.3 is 10.0 Å². The van der Waals surface area contributed by atoms with E-state index in [2.05, 4.69) is 0 Å². The minimum atomic E-state index is -4.45. The number of benzene rings is 2. The fourth-order valence-electron chi connectivity index (χ4n) is 3.62. The van der Waals surface area contributed by atoms with E-state index in [1.54, 1.807) is 6.07 Å². The molecule has 1 heterocycles. The highest BCUT2D eigenvalue weighted by molar-refractivity contribution is 7.18. The van der Waals surface area contributed by atoms with Crippen LogP contribution in [0, 0.1) is 5.92 Å². The molecule has 1 N–H and O–H groups in total. The van der Waals surface area contributed by atoms with Gasteiger partial charge in [-0.2, -0.15) is 13.2 Å². The number of carboxylic acids is 1. The molecule has 0 atom stereocenters. The van der Waals surface area contributed by atoms with E-state index in [4.69, 9.17) is 0 Å². The summed E-state index contributed by atoms with van der Waals surface area (Å²) in [7, 11) is 0. The second kappa shape index (κ2) is 8.78. The van der Waals surface area contributed by atoms with Gasteiger partial charge in [0, 0.05) is 10.8 Å². The molecule has 4 rings (SSSR count). The lowest BCUT2D eigenvalue weighted by Gasteiger charge is -2.31. The van der Waals surface area contributed by atoms with Gasteiger partial charge in [-0.3, -0.25) is 4.79 Å². The first-order valence-electron chi connectivity index (χ1n) is 10.1. The molecule has 0 bridgehead atoms. The summed E-state index contributed by atoms with van der Waals surface area (Å²) in [6.45, 7) is -0.00128. The standard InChI is InChI=1S/C24H20F3NO3S/c25-24(26,27)18-11-9-15(10-12-18)14-28(22(29)17-7-4-8-17)19-13-20(32-21(19)23(30)31)16-5-2-1-3-6-16/h1-3,5-6,9-13,17H,4,7-8,14H2,(H,30,31). The molecule has 4 nitrogen and oxygen atoms in total. The van der Waals surface area contributed by atoms with Gasteiger partial charge in [-0.05, 0) is 42.2 Å². The number of anilines is 1. The van der Waals surface area contributed by atoms with Crippen molar-refractivity contribution in [2.75, 3.05) is 4.90 Å². The van der Waals surface area contributed by atoms with E-state index in [-0.39, 0.29) is 28.9 Å². The van der Waals surface area contributed by atoms with E-state index in [0.29, 0.717) is 10.4 Å². The normalized spacial score (nSPS) is 14.1. The molecule has 0 saturated heterocycles. The van der Waals surface area contributed by atoms with Crippen LogP contribution >= 0.6 is 11.3 Å². The summed E-state index contributed by atoms with van der Waals surface area (Å²) in [4.78, 5) is 27.4. The zero-order chi connectivity index (χ0) is 22.9. The number of nitrogens with zero attached hydrogens (tertiary/aromatic N) is 1. The number of thiophene rings is 1. The van der Waals surface area contributed by atoms with Crippen LogP contribution in [0.3, 0.4) is 0 Å². The first-order valence-corrected chi connectivity index (χ1v) is 11.0. The number of rotatable bonds is 6. The third-order valence-corrected chi connectivity index (χ3v) is 6.76. The molecule has 166 valence electrons. The number of hydrogen-bond acceptors (Lipinski definition) is 3. The Morgan fingerprint density at radius 2 is 1.69 bits per heavy atom. The Morgan fingerprint density at radius 1 is 1.03 bits per heavy atom. The minimum Gasteiger partial charge on any atom is -0.477 e. The van der Waals surface area contributed by atoms with Crippen LogP contribution in [0.4, 0.5) is 18.9 Å². The molecule has 1 fully saturated rings. The molecule has 0 unspecified atom stereocenters. The van der Waals surface area contributed by atoms with Crippen molar-refractivity contribution in [2.24, 2.45) is 5.92 Å². The van der Waals surface area contributed by atoms with Gasteiger partial charge in [0.05, 0.1) is 17.8 Å². The largest absolute Gasteiger partial charge is 0.477 e. The summed E-state index contributed by atoms with van der Waals surface area (Å²) in [5, 5.41) is 9.81. The number of carbonyl (C=O) groups is 2. The molecular formula is C24H20F3NO3S. The molecule has 1 aliphatic carbocycles. The Bertz CT molecular complexity index is 1120. The van der Waals surface area contributed by atoms with Crippen molar-refractivity contribution < 1.29 is 27.9 Å². The molecular weight excluding hydrogens is 439 g/mol. The number of hydrogen-bond donors (Lipinski definition) is 1. The Labute approximate surface area is 186 Å². The average molecular weight is 459 g/mol. The van der Waals surface area contributed by atoms with E-state index in [9.17, 15) is 27.9 Å². The van der Waals surface area contributed by atoms with Crippen molar-refractivity contribution in [3.8, 4) is 10.4 Å². The molecule has 1 amide bonds. The van der Waals surface area contributed by atoms with Crippen LogP contribution < -0.4 is 4.90 Å². The number of amides is 1.